The molecule has 1 amide bonds. The van der Waals surface area contributed by atoms with Gasteiger partial charge >= 0.3 is 0 Å². The molecular formula is C23H19N3O. The first-order valence-electron chi connectivity index (χ1n) is 9.04. The van der Waals surface area contributed by atoms with Gasteiger partial charge in [-0.2, -0.15) is 0 Å². The van der Waals surface area contributed by atoms with E-state index in [1.54, 1.807) is 0 Å². The van der Waals surface area contributed by atoms with Crippen molar-refractivity contribution in [2.75, 3.05) is 0 Å². The molecule has 2 aromatic heterocycles. The normalized spacial score (nSPS) is 15.0. The molecule has 1 aliphatic heterocycles. The first kappa shape index (κ1) is 15.8. The number of carbonyl (C=O) groups excluding carboxylic acids is 1. The smallest absolute Gasteiger partial charge is 0.252 e. The Morgan fingerprint density at radius 2 is 1.70 bits per heavy atom. The van der Waals surface area contributed by atoms with Crippen LogP contribution in [0.25, 0.3) is 33.4 Å². The topological polar surface area (TPSA) is 57.8 Å². The molecule has 2 aromatic carbocycles. The number of aromatic amines is 1. The van der Waals surface area contributed by atoms with E-state index < -0.39 is 0 Å². The standard InChI is InChI=1S/C23H19N3O/c1-23(2)19-12-15(8-9-17(19)22(27)26-23)18-13-24-21-16(18)10-11-20(25-21)14-6-4-3-5-7-14/h3-13H,1-2H3,(H,24,25)(H,26,27). The van der Waals surface area contributed by atoms with Crippen molar-refractivity contribution in [1.29, 1.82) is 0 Å². The van der Waals surface area contributed by atoms with Crippen LogP contribution in [0.4, 0.5) is 0 Å². The summed E-state index contributed by atoms with van der Waals surface area (Å²) in [5, 5.41) is 4.11. The number of fused-ring (bicyclic) bond motifs is 2. The molecule has 3 heterocycles. The fourth-order valence-electron chi connectivity index (χ4n) is 3.86. The molecular weight excluding hydrogens is 334 g/mol. The first-order valence-corrected chi connectivity index (χ1v) is 9.04. The predicted octanol–water partition coefficient (Wildman–Crippen LogP) is 4.88. The van der Waals surface area contributed by atoms with Gasteiger partial charge in [0.25, 0.3) is 5.91 Å². The van der Waals surface area contributed by atoms with Crippen LogP contribution in [-0.4, -0.2) is 15.9 Å². The highest BCUT2D eigenvalue weighted by molar-refractivity contribution is 6.01. The van der Waals surface area contributed by atoms with Crippen LogP contribution in [-0.2, 0) is 5.54 Å². The molecule has 4 nitrogen and oxygen atoms in total. The van der Waals surface area contributed by atoms with Crippen molar-refractivity contribution < 1.29 is 4.79 Å². The number of nitrogens with zero attached hydrogens (tertiary/aromatic N) is 1. The van der Waals surface area contributed by atoms with Crippen molar-refractivity contribution in [2.45, 2.75) is 19.4 Å². The lowest BCUT2D eigenvalue weighted by atomic mass is 9.91. The van der Waals surface area contributed by atoms with Gasteiger partial charge < -0.3 is 10.3 Å². The van der Waals surface area contributed by atoms with E-state index >= 15 is 0 Å². The Hall–Kier alpha value is -3.40. The Kier molecular flexibility index (Phi) is 3.25. The summed E-state index contributed by atoms with van der Waals surface area (Å²) < 4.78 is 0. The summed E-state index contributed by atoms with van der Waals surface area (Å²) in [6, 6.07) is 20.4. The molecule has 0 atom stereocenters. The van der Waals surface area contributed by atoms with Crippen LogP contribution >= 0.6 is 0 Å². The van der Waals surface area contributed by atoms with Crippen LogP contribution in [0.1, 0.15) is 29.8 Å². The minimum absolute atomic E-state index is 0.00496. The van der Waals surface area contributed by atoms with E-state index in [9.17, 15) is 4.79 Å². The summed E-state index contributed by atoms with van der Waals surface area (Å²) in [6.07, 6.45) is 1.99. The highest BCUT2D eigenvalue weighted by Crippen LogP contribution is 2.36. The maximum Gasteiger partial charge on any atom is 0.252 e. The lowest BCUT2D eigenvalue weighted by molar-refractivity contribution is 0.0940. The Balaban J connectivity index is 1.62. The highest BCUT2D eigenvalue weighted by atomic mass is 16.2. The number of nitrogens with one attached hydrogen (secondary N) is 2. The first-order chi connectivity index (χ1) is 13.0. The minimum Gasteiger partial charge on any atom is -0.345 e. The number of benzene rings is 2. The van der Waals surface area contributed by atoms with Gasteiger partial charge in [0, 0.05) is 28.3 Å². The second kappa shape index (κ2) is 5.55. The lowest BCUT2D eigenvalue weighted by Gasteiger charge is -2.19. The maximum absolute atomic E-state index is 12.1. The Labute approximate surface area is 157 Å². The van der Waals surface area contributed by atoms with Crippen LogP contribution < -0.4 is 5.32 Å². The van der Waals surface area contributed by atoms with Gasteiger partial charge in [-0.1, -0.05) is 36.4 Å². The molecule has 0 saturated heterocycles. The average Bonchev–Trinajstić information content (AvgIpc) is 3.20. The van der Waals surface area contributed by atoms with Gasteiger partial charge in [-0.3, -0.25) is 4.79 Å². The van der Waals surface area contributed by atoms with E-state index in [1.165, 1.54) is 0 Å². The van der Waals surface area contributed by atoms with E-state index in [2.05, 4.69) is 40.6 Å². The fourth-order valence-corrected chi connectivity index (χ4v) is 3.86. The fraction of sp³-hybridized carbons (Fsp3) is 0.130. The molecule has 2 N–H and O–H groups in total. The van der Waals surface area contributed by atoms with Crippen LogP contribution in [0.3, 0.4) is 0 Å². The van der Waals surface area contributed by atoms with E-state index in [1.807, 2.05) is 50.4 Å². The molecule has 5 rings (SSSR count). The van der Waals surface area contributed by atoms with Crippen LogP contribution in [0.2, 0.25) is 0 Å². The lowest BCUT2D eigenvalue weighted by Crippen LogP contribution is -2.32. The van der Waals surface area contributed by atoms with Gasteiger partial charge in [-0.15, -0.1) is 0 Å². The predicted molar refractivity (Wildman–Crippen MR) is 107 cm³/mol. The number of rotatable bonds is 2. The van der Waals surface area contributed by atoms with Gasteiger partial charge in [-0.25, -0.2) is 4.98 Å². The zero-order chi connectivity index (χ0) is 18.6. The van der Waals surface area contributed by atoms with Crippen molar-refractivity contribution in [3.05, 3.63) is 78.0 Å². The summed E-state index contributed by atoms with van der Waals surface area (Å²) in [5.41, 5.74) is 6.52. The monoisotopic (exact) mass is 353 g/mol. The van der Waals surface area contributed by atoms with Crippen molar-refractivity contribution >= 4 is 16.9 Å². The molecule has 0 radical (unpaired) electrons. The zero-order valence-corrected chi connectivity index (χ0v) is 15.2. The average molecular weight is 353 g/mol. The van der Waals surface area contributed by atoms with Crippen LogP contribution in [0.5, 0.6) is 0 Å². The third-order valence-corrected chi connectivity index (χ3v) is 5.28. The highest BCUT2D eigenvalue weighted by Gasteiger charge is 2.35. The van der Waals surface area contributed by atoms with Crippen LogP contribution in [0, 0.1) is 0 Å². The van der Waals surface area contributed by atoms with Gasteiger partial charge in [0.05, 0.1) is 11.2 Å². The Morgan fingerprint density at radius 3 is 2.52 bits per heavy atom. The summed E-state index contributed by atoms with van der Waals surface area (Å²) in [4.78, 5) is 20.2. The van der Waals surface area contributed by atoms with Crippen LogP contribution in [0.15, 0.2) is 66.9 Å². The molecule has 4 heteroatoms. The number of hydrogen-bond donors (Lipinski definition) is 2. The number of hydrogen-bond acceptors (Lipinski definition) is 2. The number of aromatic nitrogens is 2. The minimum atomic E-state index is -0.354. The second-order valence-electron chi connectivity index (χ2n) is 7.50. The number of pyridine rings is 1. The summed E-state index contributed by atoms with van der Waals surface area (Å²) in [5.74, 6) is -0.00496. The zero-order valence-electron chi connectivity index (χ0n) is 15.2. The molecule has 0 bridgehead atoms. The van der Waals surface area contributed by atoms with Gasteiger partial charge in [0.1, 0.15) is 5.65 Å². The second-order valence-corrected chi connectivity index (χ2v) is 7.50. The summed E-state index contributed by atoms with van der Waals surface area (Å²) >= 11 is 0. The summed E-state index contributed by atoms with van der Waals surface area (Å²) in [6.45, 7) is 4.06. The molecule has 0 fully saturated rings. The van der Waals surface area contributed by atoms with Crippen molar-refractivity contribution in [3.63, 3.8) is 0 Å². The SMILES string of the molecule is CC1(C)NC(=O)c2ccc(-c3c[nH]c4nc(-c5ccccc5)ccc34)cc21. The molecule has 27 heavy (non-hydrogen) atoms. The van der Waals surface area contributed by atoms with Crippen molar-refractivity contribution in [1.82, 2.24) is 15.3 Å². The maximum atomic E-state index is 12.1. The van der Waals surface area contributed by atoms with E-state index in [0.29, 0.717) is 0 Å². The summed E-state index contributed by atoms with van der Waals surface area (Å²) in [7, 11) is 0. The van der Waals surface area contributed by atoms with E-state index in [-0.39, 0.29) is 11.4 Å². The number of carbonyl (C=O) groups is 1. The molecule has 132 valence electrons. The van der Waals surface area contributed by atoms with Gasteiger partial charge in [0.15, 0.2) is 0 Å². The largest absolute Gasteiger partial charge is 0.345 e. The molecule has 0 unspecified atom stereocenters. The molecule has 4 aromatic rings. The third kappa shape index (κ3) is 2.45. The molecule has 0 spiro atoms. The van der Waals surface area contributed by atoms with E-state index in [0.717, 1.165) is 44.5 Å². The molecule has 0 aliphatic carbocycles. The Bertz CT molecular complexity index is 1190. The van der Waals surface area contributed by atoms with Gasteiger partial charge in [-0.05, 0) is 49.2 Å². The van der Waals surface area contributed by atoms with E-state index in [4.69, 9.17) is 4.98 Å². The quantitative estimate of drug-likeness (QED) is 0.540. The molecule has 0 saturated carbocycles. The third-order valence-electron chi connectivity index (χ3n) is 5.28. The molecule has 1 aliphatic rings. The van der Waals surface area contributed by atoms with Crippen molar-refractivity contribution in [2.24, 2.45) is 0 Å². The van der Waals surface area contributed by atoms with Crippen molar-refractivity contribution in [3.8, 4) is 22.4 Å². The number of H-pyrrole nitrogens is 1. The number of amides is 1. The van der Waals surface area contributed by atoms with Gasteiger partial charge in [0.2, 0.25) is 0 Å². The Morgan fingerprint density at radius 1 is 0.889 bits per heavy atom.